The van der Waals surface area contributed by atoms with Crippen molar-refractivity contribution in [3.05, 3.63) is 11.8 Å². The summed E-state index contributed by atoms with van der Waals surface area (Å²) in [6.07, 6.45) is 2.48. The summed E-state index contributed by atoms with van der Waals surface area (Å²) in [6, 6.07) is 2.11. The Morgan fingerprint density at radius 3 is 2.57 bits per heavy atom. The molecule has 2 heterocycles. The Hall–Kier alpha value is -2.05. The number of rotatable bonds is 5. The highest BCUT2D eigenvalue weighted by atomic mass is 16.4. The van der Waals surface area contributed by atoms with Gasteiger partial charge < -0.3 is 14.9 Å². The van der Waals surface area contributed by atoms with E-state index in [9.17, 15) is 9.59 Å². The standard InChI is InChI=1S/C14H20N4O3/c19-13(3-4-14(20)21)18-7-5-17(6-8-18)12-9-11(15-16-12)10-1-2-10/h9-10H,1-8H2,(H,15,16)(H,20,21). The van der Waals surface area contributed by atoms with Crippen molar-refractivity contribution < 1.29 is 14.7 Å². The molecule has 1 aromatic rings. The number of carbonyl (C=O) groups is 2. The number of carboxylic acids is 1. The van der Waals surface area contributed by atoms with Crippen LogP contribution in [0.1, 0.15) is 37.3 Å². The molecule has 2 N–H and O–H groups in total. The van der Waals surface area contributed by atoms with Gasteiger partial charge in [0.25, 0.3) is 0 Å². The molecule has 1 aromatic heterocycles. The van der Waals surface area contributed by atoms with Crippen LogP contribution in [0.5, 0.6) is 0 Å². The van der Waals surface area contributed by atoms with E-state index in [0.717, 1.165) is 18.9 Å². The van der Waals surface area contributed by atoms with Gasteiger partial charge in [0.2, 0.25) is 5.91 Å². The van der Waals surface area contributed by atoms with Crippen LogP contribution in [0.2, 0.25) is 0 Å². The zero-order valence-electron chi connectivity index (χ0n) is 11.9. The second kappa shape index (κ2) is 5.75. The van der Waals surface area contributed by atoms with Gasteiger partial charge in [-0.1, -0.05) is 0 Å². The lowest BCUT2D eigenvalue weighted by Crippen LogP contribution is -2.49. The maximum Gasteiger partial charge on any atom is 0.303 e. The number of hydrogen-bond donors (Lipinski definition) is 2. The Morgan fingerprint density at radius 1 is 1.24 bits per heavy atom. The number of amides is 1. The molecular weight excluding hydrogens is 272 g/mol. The number of carboxylic acid groups (broad SMARTS) is 1. The highest BCUT2D eigenvalue weighted by molar-refractivity contribution is 5.80. The number of hydrogen-bond acceptors (Lipinski definition) is 4. The van der Waals surface area contributed by atoms with E-state index in [4.69, 9.17) is 5.11 Å². The SMILES string of the molecule is O=C(O)CCC(=O)N1CCN(c2cc(C3CC3)[nH]n2)CC1. The zero-order chi connectivity index (χ0) is 14.8. The highest BCUT2D eigenvalue weighted by Gasteiger charge is 2.27. The lowest BCUT2D eigenvalue weighted by Gasteiger charge is -2.34. The molecule has 0 aromatic carbocycles. The molecule has 21 heavy (non-hydrogen) atoms. The number of anilines is 1. The van der Waals surface area contributed by atoms with Crippen molar-refractivity contribution in [1.29, 1.82) is 0 Å². The summed E-state index contributed by atoms with van der Waals surface area (Å²) in [5.74, 6) is 0.614. The minimum absolute atomic E-state index is 0.0715. The van der Waals surface area contributed by atoms with Crippen molar-refractivity contribution in [3.63, 3.8) is 0 Å². The van der Waals surface area contributed by atoms with Gasteiger partial charge in [0.15, 0.2) is 5.82 Å². The third-order valence-electron chi connectivity index (χ3n) is 4.11. The van der Waals surface area contributed by atoms with Gasteiger partial charge in [0.1, 0.15) is 0 Å². The number of nitrogens with zero attached hydrogens (tertiary/aromatic N) is 3. The fourth-order valence-corrected chi connectivity index (χ4v) is 2.65. The van der Waals surface area contributed by atoms with Crippen molar-refractivity contribution in [3.8, 4) is 0 Å². The summed E-state index contributed by atoms with van der Waals surface area (Å²) in [5, 5.41) is 16.1. The van der Waals surface area contributed by atoms with Crippen molar-refractivity contribution >= 4 is 17.7 Å². The Morgan fingerprint density at radius 2 is 1.95 bits per heavy atom. The summed E-state index contributed by atoms with van der Waals surface area (Å²) in [6.45, 7) is 2.75. The molecule has 7 nitrogen and oxygen atoms in total. The van der Waals surface area contributed by atoms with Gasteiger partial charge in [-0.05, 0) is 12.8 Å². The Bertz CT molecular complexity index is 530. The largest absolute Gasteiger partial charge is 0.481 e. The van der Waals surface area contributed by atoms with Crippen molar-refractivity contribution in [2.45, 2.75) is 31.6 Å². The summed E-state index contributed by atoms with van der Waals surface area (Å²) >= 11 is 0. The van der Waals surface area contributed by atoms with Crippen LogP contribution in [-0.2, 0) is 9.59 Å². The van der Waals surface area contributed by atoms with Crippen molar-refractivity contribution in [2.75, 3.05) is 31.1 Å². The van der Waals surface area contributed by atoms with E-state index < -0.39 is 5.97 Å². The quantitative estimate of drug-likeness (QED) is 0.838. The summed E-state index contributed by atoms with van der Waals surface area (Å²) in [7, 11) is 0. The number of aromatic nitrogens is 2. The third-order valence-corrected chi connectivity index (χ3v) is 4.11. The first-order valence-electron chi connectivity index (χ1n) is 7.43. The van der Waals surface area contributed by atoms with Crippen LogP contribution in [0.3, 0.4) is 0 Å². The number of nitrogens with one attached hydrogen (secondary N) is 1. The maximum atomic E-state index is 11.9. The predicted octanol–water partition coefficient (Wildman–Crippen LogP) is 0.800. The zero-order valence-corrected chi connectivity index (χ0v) is 11.9. The van der Waals surface area contributed by atoms with Crippen LogP contribution < -0.4 is 4.90 Å². The molecule has 0 spiro atoms. The van der Waals surface area contributed by atoms with Crippen molar-refractivity contribution in [2.24, 2.45) is 0 Å². The molecule has 0 radical (unpaired) electrons. The molecule has 1 saturated heterocycles. The lowest BCUT2D eigenvalue weighted by molar-refractivity contribution is -0.141. The summed E-state index contributed by atoms with van der Waals surface area (Å²) < 4.78 is 0. The average Bonchev–Trinajstić information content (AvgIpc) is 3.22. The topological polar surface area (TPSA) is 89.5 Å². The fraction of sp³-hybridized carbons (Fsp3) is 0.643. The van der Waals surface area contributed by atoms with Gasteiger partial charge in [-0.15, -0.1) is 0 Å². The molecule has 3 rings (SSSR count). The number of H-pyrrole nitrogens is 1. The second-order valence-corrected chi connectivity index (χ2v) is 5.72. The van der Waals surface area contributed by atoms with E-state index in [1.807, 2.05) is 0 Å². The lowest BCUT2D eigenvalue weighted by atomic mass is 10.2. The number of aromatic amines is 1. The van der Waals surface area contributed by atoms with Crippen LogP contribution in [0, 0.1) is 0 Å². The van der Waals surface area contributed by atoms with Gasteiger partial charge in [0, 0.05) is 50.3 Å². The Labute approximate surface area is 122 Å². The number of piperazine rings is 1. The molecule has 7 heteroatoms. The van der Waals surface area contributed by atoms with E-state index in [1.165, 1.54) is 18.5 Å². The normalized spacial score (nSPS) is 18.9. The monoisotopic (exact) mass is 292 g/mol. The van der Waals surface area contributed by atoms with Crippen LogP contribution >= 0.6 is 0 Å². The molecule has 2 fully saturated rings. The molecule has 2 aliphatic rings. The average molecular weight is 292 g/mol. The van der Waals surface area contributed by atoms with E-state index in [2.05, 4.69) is 21.2 Å². The highest BCUT2D eigenvalue weighted by Crippen LogP contribution is 2.39. The van der Waals surface area contributed by atoms with Gasteiger partial charge in [-0.2, -0.15) is 5.10 Å². The van der Waals surface area contributed by atoms with Gasteiger partial charge in [-0.25, -0.2) is 0 Å². The van der Waals surface area contributed by atoms with Crippen LogP contribution in [0.15, 0.2) is 6.07 Å². The number of carbonyl (C=O) groups excluding carboxylic acids is 1. The summed E-state index contributed by atoms with van der Waals surface area (Å²) in [4.78, 5) is 26.3. The molecular formula is C14H20N4O3. The van der Waals surface area contributed by atoms with E-state index in [1.54, 1.807) is 4.90 Å². The smallest absolute Gasteiger partial charge is 0.303 e. The van der Waals surface area contributed by atoms with Crippen LogP contribution in [0.4, 0.5) is 5.82 Å². The van der Waals surface area contributed by atoms with Crippen LogP contribution in [0.25, 0.3) is 0 Å². The molecule has 114 valence electrons. The van der Waals surface area contributed by atoms with E-state index in [0.29, 0.717) is 19.0 Å². The molecule has 1 aliphatic heterocycles. The Balaban J connectivity index is 1.49. The first-order valence-corrected chi connectivity index (χ1v) is 7.43. The minimum Gasteiger partial charge on any atom is -0.481 e. The molecule has 0 atom stereocenters. The third kappa shape index (κ3) is 3.34. The molecule has 1 saturated carbocycles. The van der Waals surface area contributed by atoms with E-state index >= 15 is 0 Å². The maximum absolute atomic E-state index is 11.9. The molecule has 0 unspecified atom stereocenters. The van der Waals surface area contributed by atoms with Gasteiger partial charge in [0.05, 0.1) is 6.42 Å². The number of aliphatic carboxylic acids is 1. The fourth-order valence-electron chi connectivity index (χ4n) is 2.65. The van der Waals surface area contributed by atoms with E-state index in [-0.39, 0.29) is 18.7 Å². The van der Waals surface area contributed by atoms with Crippen LogP contribution in [-0.4, -0.2) is 58.3 Å². The van der Waals surface area contributed by atoms with Gasteiger partial charge in [-0.3, -0.25) is 14.7 Å². The first kappa shape index (κ1) is 13.9. The predicted molar refractivity (Wildman–Crippen MR) is 76.2 cm³/mol. The first-order chi connectivity index (χ1) is 10.1. The Kier molecular flexibility index (Phi) is 3.81. The van der Waals surface area contributed by atoms with Crippen molar-refractivity contribution in [1.82, 2.24) is 15.1 Å². The molecule has 1 amide bonds. The summed E-state index contributed by atoms with van der Waals surface area (Å²) in [5.41, 5.74) is 1.21. The molecule has 0 bridgehead atoms. The van der Waals surface area contributed by atoms with Gasteiger partial charge >= 0.3 is 5.97 Å². The molecule has 1 aliphatic carbocycles. The minimum atomic E-state index is -0.925. The second-order valence-electron chi connectivity index (χ2n) is 5.72.